The quantitative estimate of drug-likeness (QED) is 0.463. The molecule has 0 aliphatic carbocycles. The number of aliphatic imine (C=N–C) groups is 1. The van der Waals surface area contributed by atoms with Gasteiger partial charge in [0.05, 0.1) is 17.6 Å². The normalized spacial score (nSPS) is 15.2. The van der Waals surface area contributed by atoms with E-state index in [1.54, 1.807) is 7.05 Å². The first-order chi connectivity index (χ1) is 13.2. The second kappa shape index (κ2) is 9.39. The number of nitrogens with one attached hydrogen (secondary N) is 2. The van der Waals surface area contributed by atoms with Crippen LogP contribution in [0.2, 0.25) is 0 Å². The molecule has 2 N–H and O–H groups in total. The van der Waals surface area contributed by atoms with Crippen LogP contribution in [-0.2, 0) is 11.3 Å². The van der Waals surface area contributed by atoms with Gasteiger partial charge < -0.3 is 20.1 Å². The topological polar surface area (TPSA) is 74.5 Å². The molecular formula is C20H30N6O. The number of fused-ring (bicyclic) bond motifs is 1. The summed E-state index contributed by atoms with van der Waals surface area (Å²) in [7, 11) is 1.73. The minimum Gasteiger partial charge on any atom is -0.356 e. The summed E-state index contributed by atoms with van der Waals surface area (Å²) in [4.78, 5) is 23.0. The van der Waals surface area contributed by atoms with Gasteiger partial charge in [0, 0.05) is 33.2 Å². The Morgan fingerprint density at radius 3 is 2.74 bits per heavy atom. The first-order valence-corrected chi connectivity index (χ1v) is 9.83. The predicted molar refractivity (Wildman–Crippen MR) is 109 cm³/mol. The Bertz CT molecular complexity index is 791. The second-order valence-corrected chi connectivity index (χ2v) is 6.95. The van der Waals surface area contributed by atoms with Crippen LogP contribution in [0.15, 0.2) is 29.3 Å². The number of piperidine rings is 1. The van der Waals surface area contributed by atoms with Crippen molar-refractivity contribution in [3.05, 3.63) is 30.1 Å². The number of rotatable bonds is 6. The molecule has 1 aromatic carbocycles. The Hall–Kier alpha value is -2.57. The fourth-order valence-corrected chi connectivity index (χ4v) is 3.56. The number of carbonyl (C=O) groups is 1. The van der Waals surface area contributed by atoms with Gasteiger partial charge in [-0.05, 0) is 44.7 Å². The molecule has 1 aliphatic rings. The lowest BCUT2D eigenvalue weighted by Crippen LogP contribution is -2.46. The van der Waals surface area contributed by atoms with Crippen molar-refractivity contribution in [2.75, 3.05) is 33.2 Å². The van der Waals surface area contributed by atoms with Crippen LogP contribution in [0.5, 0.6) is 0 Å². The van der Waals surface area contributed by atoms with E-state index in [1.807, 2.05) is 30.0 Å². The van der Waals surface area contributed by atoms with E-state index in [1.165, 1.54) is 11.9 Å². The van der Waals surface area contributed by atoms with Crippen molar-refractivity contribution in [2.24, 2.45) is 4.99 Å². The maximum Gasteiger partial charge on any atom is 0.241 e. The van der Waals surface area contributed by atoms with Gasteiger partial charge in [-0.3, -0.25) is 9.79 Å². The maximum atomic E-state index is 12.2. The Kier molecular flexibility index (Phi) is 6.68. The number of guanidine groups is 1. The first kappa shape index (κ1) is 19.2. The van der Waals surface area contributed by atoms with Crippen LogP contribution in [0.3, 0.4) is 0 Å². The molecule has 1 aliphatic heterocycles. The molecule has 7 nitrogen and oxygen atoms in total. The summed E-state index contributed by atoms with van der Waals surface area (Å²) < 4.78 is 2.24. The highest BCUT2D eigenvalue weighted by molar-refractivity contribution is 5.86. The molecule has 0 atom stereocenters. The third-order valence-corrected chi connectivity index (χ3v) is 5.04. The van der Waals surface area contributed by atoms with Gasteiger partial charge in [-0.1, -0.05) is 12.1 Å². The highest BCUT2D eigenvalue weighted by atomic mass is 16.2. The molecule has 0 unspecified atom stereocenters. The Morgan fingerprint density at radius 1 is 1.19 bits per heavy atom. The lowest BCUT2D eigenvalue weighted by Gasteiger charge is -2.27. The Morgan fingerprint density at radius 2 is 1.96 bits per heavy atom. The van der Waals surface area contributed by atoms with Crippen LogP contribution in [0.25, 0.3) is 11.0 Å². The molecular weight excluding hydrogens is 340 g/mol. The van der Waals surface area contributed by atoms with E-state index in [4.69, 9.17) is 0 Å². The summed E-state index contributed by atoms with van der Waals surface area (Å²) in [6.07, 6.45) is 4.40. The van der Waals surface area contributed by atoms with Crippen LogP contribution in [0, 0.1) is 6.92 Å². The van der Waals surface area contributed by atoms with E-state index < -0.39 is 0 Å². The fourth-order valence-electron chi connectivity index (χ4n) is 3.56. The smallest absolute Gasteiger partial charge is 0.241 e. The maximum absolute atomic E-state index is 12.2. The standard InChI is InChI=1S/C20H30N6O/c1-16-24-17-9-4-5-10-18(17)26(16)14-8-11-22-20(21-2)23-15-19(27)25-12-6-3-7-13-25/h4-5,9-10H,3,6-8,11-15H2,1-2H3,(H2,21,22,23). The summed E-state index contributed by atoms with van der Waals surface area (Å²) in [5, 5.41) is 6.42. The molecule has 3 rings (SSSR count). The van der Waals surface area contributed by atoms with E-state index in [2.05, 4.69) is 31.2 Å². The average Bonchev–Trinajstić information content (AvgIpc) is 3.03. The highest BCUT2D eigenvalue weighted by Gasteiger charge is 2.16. The van der Waals surface area contributed by atoms with E-state index in [9.17, 15) is 4.79 Å². The number of amides is 1. The van der Waals surface area contributed by atoms with Gasteiger partial charge in [0.15, 0.2) is 5.96 Å². The fraction of sp³-hybridized carbons (Fsp3) is 0.550. The molecule has 2 aromatic rings. The Labute approximate surface area is 160 Å². The van der Waals surface area contributed by atoms with Crippen LogP contribution >= 0.6 is 0 Å². The van der Waals surface area contributed by atoms with E-state index >= 15 is 0 Å². The van der Waals surface area contributed by atoms with Gasteiger partial charge in [0.25, 0.3) is 0 Å². The van der Waals surface area contributed by atoms with E-state index in [0.29, 0.717) is 12.5 Å². The van der Waals surface area contributed by atoms with Crippen LogP contribution < -0.4 is 10.6 Å². The van der Waals surface area contributed by atoms with Crippen molar-refractivity contribution < 1.29 is 4.79 Å². The SMILES string of the molecule is CN=C(NCCCn1c(C)nc2ccccc21)NCC(=O)N1CCCCC1. The molecule has 146 valence electrons. The monoisotopic (exact) mass is 370 g/mol. The molecule has 2 heterocycles. The van der Waals surface area contributed by atoms with Crippen LogP contribution in [0.4, 0.5) is 0 Å². The van der Waals surface area contributed by atoms with Crippen molar-refractivity contribution in [3.8, 4) is 0 Å². The molecule has 1 fully saturated rings. The van der Waals surface area contributed by atoms with Crippen molar-refractivity contribution in [2.45, 2.75) is 39.2 Å². The zero-order valence-electron chi connectivity index (χ0n) is 16.4. The van der Waals surface area contributed by atoms with E-state index in [-0.39, 0.29) is 5.91 Å². The molecule has 1 aromatic heterocycles. The number of carbonyl (C=O) groups excluding carboxylic acids is 1. The van der Waals surface area contributed by atoms with Crippen molar-refractivity contribution in [1.29, 1.82) is 0 Å². The summed E-state index contributed by atoms with van der Waals surface area (Å²) in [6, 6.07) is 8.21. The lowest BCUT2D eigenvalue weighted by molar-refractivity contribution is -0.130. The largest absolute Gasteiger partial charge is 0.356 e. The van der Waals surface area contributed by atoms with Gasteiger partial charge in [-0.25, -0.2) is 4.98 Å². The number of benzene rings is 1. The van der Waals surface area contributed by atoms with Gasteiger partial charge in [0.1, 0.15) is 5.82 Å². The van der Waals surface area contributed by atoms with Crippen molar-refractivity contribution in [1.82, 2.24) is 25.1 Å². The average molecular weight is 371 g/mol. The second-order valence-electron chi connectivity index (χ2n) is 6.95. The van der Waals surface area contributed by atoms with Crippen LogP contribution in [0.1, 0.15) is 31.5 Å². The minimum atomic E-state index is 0.151. The predicted octanol–water partition coefficient (Wildman–Crippen LogP) is 1.91. The van der Waals surface area contributed by atoms with Crippen LogP contribution in [-0.4, -0.2) is 59.5 Å². The summed E-state index contributed by atoms with van der Waals surface area (Å²) in [6.45, 7) is 5.77. The number of aromatic nitrogens is 2. The number of para-hydroxylation sites is 2. The van der Waals surface area contributed by atoms with Crippen molar-refractivity contribution in [3.63, 3.8) is 0 Å². The Balaban J connectivity index is 1.42. The summed E-state index contributed by atoms with van der Waals surface area (Å²) >= 11 is 0. The molecule has 1 amide bonds. The zero-order valence-corrected chi connectivity index (χ0v) is 16.4. The highest BCUT2D eigenvalue weighted by Crippen LogP contribution is 2.15. The van der Waals surface area contributed by atoms with E-state index in [0.717, 1.165) is 56.8 Å². The molecule has 27 heavy (non-hydrogen) atoms. The molecule has 0 saturated carbocycles. The third kappa shape index (κ3) is 4.99. The zero-order chi connectivity index (χ0) is 19.1. The summed E-state index contributed by atoms with van der Waals surface area (Å²) in [5.41, 5.74) is 2.21. The van der Waals surface area contributed by atoms with Gasteiger partial charge in [0.2, 0.25) is 5.91 Å². The number of nitrogens with zero attached hydrogens (tertiary/aromatic N) is 4. The van der Waals surface area contributed by atoms with Gasteiger partial charge in [-0.2, -0.15) is 0 Å². The van der Waals surface area contributed by atoms with Gasteiger partial charge in [-0.15, -0.1) is 0 Å². The number of hydrogen-bond donors (Lipinski definition) is 2. The minimum absolute atomic E-state index is 0.151. The number of aryl methyl sites for hydroxylation is 2. The molecule has 7 heteroatoms. The molecule has 0 bridgehead atoms. The number of imidazole rings is 1. The molecule has 0 radical (unpaired) electrons. The third-order valence-electron chi connectivity index (χ3n) is 5.04. The molecule has 1 saturated heterocycles. The van der Waals surface area contributed by atoms with Gasteiger partial charge >= 0.3 is 0 Å². The molecule has 0 spiro atoms. The lowest BCUT2D eigenvalue weighted by atomic mass is 10.1. The van der Waals surface area contributed by atoms with Crippen molar-refractivity contribution >= 4 is 22.9 Å². The first-order valence-electron chi connectivity index (χ1n) is 9.83. The number of likely N-dealkylation sites (tertiary alicyclic amines) is 1. The summed E-state index contributed by atoms with van der Waals surface area (Å²) in [5.74, 6) is 1.86. The number of hydrogen-bond acceptors (Lipinski definition) is 3.